The minimum absolute atomic E-state index is 0.156. The second kappa shape index (κ2) is 6.46. The molecule has 2 aliphatic heterocycles. The molecule has 3 heterocycles. The zero-order valence-electron chi connectivity index (χ0n) is 15.2. The number of benzene rings is 1. The topological polar surface area (TPSA) is 62.5 Å². The summed E-state index contributed by atoms with van der Waals surface area (Å²) in [5.41, 5.74) is 1.15. The van der Waals surface area contributed by atoms with Crippen LogP contribution in [0.4, 0.5) is 4.39 Å². The zero-order valence-corrected chi connectivity index (χ0v) is 15.2. The van der Waals surface area contributed by atoms with E-state index in [0.29, 0.717) is 29.7 Å². The Labute approximate surface area is 152 Å². The summed E-state index contributed by atoms with van der Waals surface area (Å²) in [7, 11) is 1.89. The van der Waals surface area contributed by atoms with Gasteiger partial charge < -0.3 is 9.42 Å². The number of likely N-dealkylation sites (tertiary alicyclic amines) is 2. The molecule has 7 heteroatoms. The molecule has 0 bridgehead atoms. The average molecular weight is 358 g/mol. The Bertz CT molecular complexity index is 827. The number of nitrogens with zero attached hydrogens (tertiary/aromatic N) is 4. The van der Waals surface area contributed by atoms with Crippen molar-refractivity contribution in [1.29, 1.82) is 0 Å². The Kier molecular flexibility index (Phi) is 4.26. The van der Waals surface area contributed by atoms with Gasteiger partial charge in [-0.3, -0.25) is 9.69 Å². The van der Waals surface area contributed by atoms with Gasteiger partial charge in [-0.25, -0.2) is 4.39 Å². The van der Waals surface area contributed by atoms with E-state index in [1.165, 1.54) is 6.07 Å². The molecule has 1 aromatic heterocycles. The number of aromatic nitrogens is 2. The van der Waals surface area contributed by atoms with E-state index in [1.54, 1.807) is 19.1 Å². The second-order valence-corrected chi connectivity index (χ2v) is 7.51. The highest BCUT2D eigenvalue weighted by Crippen LogP contribution is 2.41. The lowest BCUT2D eigenvalue weighted by molar-refractivity contribution is -0.137. The second-order valence-electron chi connectivity index (χ2n) is 7.51. The summed E-state index contributed by atoms with van der Waals surface area (Å²) in [4.78, 5) is 20.9. The third kappa shape index (κ3) is 3.00. The van der Waals surface area contributed by atoms with E-state index in [1.807, 2.05) is 11.9 Å². The molecular formula is C19H23FN4O2. The molecule has 4 rings (SSSR count). The third-order valence-electron chi connectivity index (χ3n) is 5.78. The Morgan fingerprint density at radius 3 is 2.62 bits per heavy atom. The maximum atomic E-state index is 13.4. The van der Waals surface area contributed by atoms with Gasteiger partial charge in [-0.2, -0.15) is 4.98 Å². The molecule has 0 N–H and O–H groups in total. The van der Waals surface area contributed by atoms with Gasteiger partial charge in [0.1, 0.15) is 5.82 Å². The molecule has 0 unspecified atom stereocenters. The van der Waals surface area contributed by atoms with Crippen LogP contribution in [0.2, 0.25) is 0 Å². The van der Waals surface area contributed by atoms with E-state index < -0.39 is 0 Å². The number of hydrogen-bond donors (Lipinski definition) is 0. The summed E-state index contributed by atoms with van der Waals surface area (Å²) in [6.45, 7) is 4.86. The van der Waals surface area contributed by atoms with Crippen molar-refractivity contribution in [2.24, 2.45) is 5.41 Å². The summed E-state index contributed by atoms with van der Waals surface area (Å²) in [6, 6.07) is 4.79. The molecular weight excluding hydrogens is 335 g/mol. The summed E-state index contributed by atoms with van der Waals surface area (Å²) in [5, 5.41) is 4.02. The molecule has 1 amide bonds. The fraction of sp³-hybridized carbons (Fsp3) is 0.526. The number of aryl methyl sites for hydroxylation is 1. The van der Waals surface area contributed by atoms with Crippen LogP contribution in [0.15, 0.2) is 22.7 Å². The minimum atomic E-state index is -0.244. The zero-order chi connectivity index (χ0) is 18.3. The van der Waals surface area contributed by atoms with Crippen molar-refractivity contribution in [3.63, 3.8) is 0 Å². The van der Waals surface area contributed by atoms with Gasteiger partial charge in [0.25, 0.3) is 0 Å². The molecule has 2 saturated heterocycles. The van der Waals surface area contributed by atoms with Gasteiger partial charge in [0.15, 0.2) is 0 Å². The minimum Gasteiger partial charge on any atom is -0.345 e. The summed E-state index contributed by atoms with van der Waals surface area (Å²) in [6.07, 6.45) is 2.73. The first-order chi connectivity index (χ1) is 12.5. The van der Waals surface area contributed by atoms with Gasteiger partial charge in [0.05, 0.1) is 12.0 Å². The summed E-state index contributed by atoms with van der Waals surface area (Å²) >= 11 is 0. The normalized spacial score (nSPS) is 20.3. The van der Waals surface area contributed by atoms with E-state index in [0.717, 1.165) is 44.5 Å². The lowest BCUT2D eigenvalue weighted by atomic mass is 9.77. The number of carbonyl (C=O) groups excluding carboxylic acids is 1. The van der Waals surface area contributed by atoms with Crippen molar-refractivity contribution in [1.82, 2.24) is 19.9 Å². The Hall–Kier alpha value is -2.28. The number of piperidine rings is 1. The molecule has 0 aliphatic carbocycles. The molecule has 0 radical (unpaired) electrons. The van der Waals surface area contributed by atoms with Crippen LogP contribution in [-0.2, 0) is 11.3 Å². The van der Waals surface area contributed by atoms with Crippen molar-refractivity contribution in [2.45, 2.75) is 32.7 Å². The van der Waals surface area contributed by atoms with Crippen LogP contribution in [0.25, 0.3) is 11.4 Å². The monoisotopic (exact) mass is 358 g/mol. The molecule has 26 heavy (non-hydrogen) atoms. The standard InChI is InChI=1S/C19H23FN4O2/c1-13-11-14(3-4-15(13)20)17-21-16(26-22-17)12-24-9-6-19(7-10-24)5-8-23(2)18(19)25/h3-4,11H,5-10,12H2,1-2H3. The fourth-order valence-corrected chi connectivity index (χ4v) is 4.01. The van der Waals surface area contributed by atoms with Crippen molar-refractivity contribution < 1.29 is 13.7 Å². The van der Waals surface area contributed by atoms with Crippen LogP contribution in [-0.4, -0.2) is 52.5 Å². The number of carbonyl (C=O) groups is 1. The van der Waals surface area contributed by atoms with E-state index in [4.69, 9.17) is 4.52 Å². The highest BCUT2D eigenvalue weighted by atomic mass is 19.1. The predicted octanol–water partition coefficient (Wildman–Crippen LogP) is 2.63. The molecule has 138 valence electrons. The Morgan fingerprint density at radius 2 is 1.96 bits per heavy atom. The van der Waals surface area contributed by atoms with Crippen molar-refractivity contribution in [3.8, 4) is 11.4 Å². The predicted molar refractivity (Wildman–Crippen MR) is 93.6 cm³/mol. The van der Waals surface area contributed by atoms with Crippen molar-refractivity contribution in [3.05, 3.63) is 35.5 Å². The van der Waals surface area contributed by atoms with Crippen LogP contribution < -0.4 is 0 Å². The Morgan fingerprint density at radius 1 is 1.23 bits per heavy atom. The van der Waals surface area contributed by atoms with Gasteiger partial charge in [0.2, 0.25) is 17.6 Å². The highest BCUT2D eigenvalue weighted by molar-refractivity contribution is 5.84. The number of amides is 1. The van der Waals surface area contributed by atoms with Crippen LogP contribution in [0.3, 0.4) is 0 Å². The molecule has 0 atom stereocenters. The lowest BCUT2D eigenvalue weighted by Crippen LogP contribution is -2.43. The SMILES string of the molecule is Cc1cc(-c2noc(CN3CCC4(CC3)CCN(C)C4=O)n2)ccc1F. The number of rotatable bonds is 3. The van der Waals surface area contributed by atoms with E-state index in [-0.39, 0.29) is 11.2 Å². The van der Waals surface area contributed by atoms with E-state index in [9.17, 15) is 9.18 Å². The van der Waals surface area contributed by atoms with Gasteiger partial charge in [0, 0.05) is 19.2 Å². The van der Waals surface area contributed by atoms with Crippen molar-refractivity contribution in [2.75, 3.05) is 26.7 Å². The summed E-state index contributed by atoms with van der Waals surface area (Å²) in [5.74, 6) is 1.08. The quantitative estimate of drug-likeness (QED) is 0.844. The molecule has 6 nitrogen and oxygen atoms in total. The molecule has 0 saturated carbocycles. The Balaban J connectivity index is 1.39. The first-order valence-electron chi connectivity index (χ1n) is 9.04. The van der Waals surface area contributed by atoms with Gasteiger partial charge in [-0.05, 0) is 63.0 Å². The van der Waals surface area contributed by atoms with Crippen LogP contribution in [0.5, 0.6) is 0 Å². The molecule has 1 spiro atoms. The summed E-state index contributed by atoms with van der Waals surface area (Å²) < 4.78 is 18.8. The van der Waals surface area contributed by atoms with Crippen LogP contribution in [0.1, 0.15) is 30.7 Å². The largest absolute Gasteiger partial charge is 0.345 e. The van der Waals surface area contributed by atoms with Gasteiger partial charge in [-0.15, -0.1) is 0 Å². The van der Waals surface area contributed by atoms with E-state index in [2.05, 4.69) is 15.0 Å². The molecule has 2 aromatic rings. The van der Waals surface area contributed by atoms with Crippen LogP contribution >= 0.6 is 0 Å². The maximum absolute atomic E-state index is 13.4. The van der Waals surface area contributed by atoms with Crippen LogP contribution in [0, 0.1) is 18.2 Å². The van der Waals surface area contributed by atoms with Gasteiger partial charge >= 0.3 is 0 Å². The first kappa shape index (κ1) is 17.1. The lowest BCUT2D eigenvalue weighted by Gasteiger charge is -2.37. The smallest absolute Gasteiger partial charge is 0.241 e. The first-order valence-corrected chi connectivity index (χ1v) is 9.04. The average Bonchev–Trinajstić information content (AvgIpc) is 3.21. The van der Waals surface area contributed by atoms with E-state index >= 15 is 0 Å². The third-order valence-corrected chi connectivity index (χ3v) is 5.78. The maximum Gasteiger partial charge on any atom is 0.241 e. The van der Waals surface area contributed by atoms with Crippen molar-refractivity contribution >= 4 is 5.91 Å². The van der Waals surface area contributed by atoms with Gasteiger partial charge in [-0.1, -0.05) is 5.16 Å². The molecule has 2 fully saturated rings. The molecule has 1 aromatic carbocycles. The highest BCUT2D eigenvalue weighted by Gasteiger charge is 2.46. The number of halogens is 1. The molecule has 2 aliphatic rings. The number of hydrogen-bond acceptors (Lipinski definition) is 5. The fourth-order valence-electron chi connectivity index (χ4n) is 4.01.